The highest BCUT2D eigenvalue weighted by Gasteiger charge is 2.23. The van der Waals surface area contributed by atoms with Gasteiger partial charge in [-0.3, -0.25) is 19.7 Å². The number of nitrogens with zero attached hydrogens (tertiary/aromatic N) is 2. The highest BCUT2D eigenvalue weighted by atomic mass is 16.6. The highest BCUT2D eigenvalue weighted by molar-refractivity contribution is 5.95. The zero-order valence-corrected chi connectivity index (χ0v) is 9.51. The van der Waals surface area contributed by atoms with Crippen molar-refractivity contribution in [2.45, 2.75) is 6.42 Å². The first kappa shape index (κ1) is 12.1. The summed E-state index contributed by atoms with van der Waals surface area (Å²) < 4.78 is 0. The Bertz CT molecular complexity index is 496. The van der Waals surface area contributed by atoms with Gasteiger partial charge in [0.1, 0.15) is 5.69 Å². The molecule has 0 spiro atoms. The van der Waals surface area contributed by atoms with Crippen molar-refractivity contribution in [1.29, 1.82) is 0 Å². The summed E-state index contributed by atoms with van der Waals surface area (Å²) in [6.07, 6.45) is 1.82. The summed E-state index contributed by atoms with van der Waals surface area (Å²) >= 11 is 0. The fourth-order valence-electron chi connectivity index (χ4n) is 1.76. The third-order valence-corrected chi connectivity index (χ3v) is 2.66. The van der Waals surface area contributed by atoms with Crippen LogP contribution in [0.25, 0.3) is 0 Å². The molecule has 2 rings (SSSR count). The smallest absolute Gasteiger partial charge is 0.287 e. The van der Waals surface area contributed by atoms with Crippen molar-refractivity contribution < 1.29 is 14.5 Å². The Morgan fingerprint density at radius 2 is 2.28 bits per heavy atom. The number of hydrogen-bond acceptors (Lipinski definition) is 4. The molecule has 0 bridgehead atoms. The molecular formula is C10H12N4O4. The average Bonchev–Trinajstić information content (AvgIpc) is 2.72. The van der Waals surface area contributed by atoms with Crippen molar-refractivity contribution in [3.8, 4) is 0 Å². The second-order valence-corrected chi connectivity index (χ2v) is 3.96. The van der Waals surface area contributed by atoms with Gasteiger partial charge in [0.2, 0.25) is 5.91 Å². The molecule has 0 radical (unpaired) electrons. The Kier molecular flexibility index (Phi) is 3.26. The monoisotopic (exact) mass is 252 g/mol. The van der Waals surface area contributed by atoms with Crippen LogP contribution in [0.2, 0.25) is 0 Å². The van der Waals surface area contributed by atoms with Crippen LogP contribution >= 0.6 is 0 Å². The number of carbonyl (C=O) groups excluding carboxylic acids is 2. The molecule has 96 valence electrons. The van der Waals surface area contributed by atoms with Crippen molar-refractivity contribution in [2.75, 3.05) is 19.6 Å². The number of carbonyl (C=O) groups is 2. The van der Waals surface area contributed by atoms with Gasteiger partial charge >= 0.3 is 0 Å². The zero-order valence-electron chi connectivity index (χ0n) is 9.51. The van der Waals surface area contributed by atoms with E-state index in [1.54, 1.807) is 0 Å². The minimum atomic E-state index is -0.581. The van der Waals surface area contributed by atoms with Gasteiger partial charge in [-0.2, -0.15) is 0 Å². The first-order valence-electron chi connectivity index (χ1n) is 5.46. The number of H-pyrrole nitrogens is 1. The van der Waals surface area contributed by atoms with E-state index >= 15 is 0 Å². The molecule has 0 unspecified atom stereocenters. The van der Waals surface area contributed by atoms with E-state index in [1.165, 1.54) is 11.0 Å². The van der Waals surface area contributed by atoms with E-state index in [2.05, 4.69) is 10.3 Å². The molecule has 0 atom stereocenters. The van der Waals surface area contributed by atoms with Gasteiger partial charge < -0.3 is 15.2 Å². The lowest BCUT2D eigenvalue weighted by Gasteiger charge is -2.17. The molecular weight excluding hydrogens is 240 g/mol. The Labute approximate surface area is 102 Å². The third-order valence-electron chi connectivity index (χ3n) is 2.66. The van der Waals surface area contributed by atoms with Gasteiger partial charge in [0, 0.05) is 19.2 Å². The number of aromatic amines is 1. The van der Waals surface area contributed by atoms with Crippen LogP contribution < -0.4 is 5.32 Å². The number of aromatic nitrogens is 1. The van der Waals surface area contributed by atoms with Crippen LogP contribution in [0.3, 0.4) is 0 Å². The lowest BCUT2D eigenvalue weighted by atomic mass is 10.3. The Morgan fingerprint density at radius 1 is 1.50 bits per heavy atom. The lowest BCUT2D eigenvalue weighted by molar-refractivity contribution is -0.384. The first-order valence-corrected chi connectivity index (χ1v) is 5.46. The van der Waals surface area contributed by atoms with Crippen molar-refractivity contribution in [3.63, 3.8) is 0 Å². The van der Waals surface area contributed by atoms with E-state index < -0.39 is 10.8 Å². The van der Waals surface area contributed by atoms with Crippen molar-refractivity contribution in [2.24, 2.45) is 0 Å². The molecule has 1 aliphatic heterocycles. The first-order chi connectivity index (χ1) is 8.58. The summed E-state index contributed by atoms with van der Waals surface area (Å²) in [5.74, 6) is -0.623. The summed E-state index contributed by atoms with van der Waals surface area (Å²) in [6.45, 7) is 0.962. The van der Waals surface area contributed by atoms with E-state index in [0.29, 0.717) is 19.5 Å². The van der Waals surface area contributed by atoms with Crippen LogP contribution in [0.1, 0.15) is 16.9 Å². The molecule has 8 nitrogen and oxygen atoms in total. The minimum Gasteiger partial charge on any atom is -0.354 e. The number of nitro groups is 1. The van der Waals surface area contributed by atoms with Crippen molar-refractivity contribution in [1.82, 2.24) is 15.2 Å². The summed E-state index contributed by atoms with van der Waals surface area (Å²) in [4.78, 5) is 37.2. The van der Waals surface area contributed by atoms with Gasteiger partial charge in [0.25, 0.3) is 11.6 Å². The maximum atomic E-state index is 12.0. The number of hydrogen-bond donors (Lipinski definition) is 2. The SMILES string of the molecule is O=C1CN(C(=O)c2cc([N+](=O)[O-])c[nH]2)CCCN1. The van der Waals surface area contributed by atoms with E-state index in [1.807, 2.05) is 0 Å². The number of rotatable bonds is 2. The Morgan fingerprint density at radius 3 is 2.94 bits per heavy atom. The van der Waals surface area contributed by atoms with Crippen LogP contribution in [-0.2, 0) is 4.79 Å². The predicted octanol–water partition coefficient (Wildman–Crippen LogP) is -0.115. The summed E-state index contributed by atoms with van der Waals surface area (Å²) in [6, 6.07) is 1.17. The van der Waals surface area contributed by atoms with Gasteiger partial charge in [0.15, 0.2) is 0 Å². The number of amides is 2. The quantitative estimate of drug-likeness (QED) is 0.565. The lowest BCUT2D eigenvalue weighted by Crippen LogP contribution is -2.37. The molecule has 1 aromatic heterocycles. The Balaban J connectivity index is 2.13. The fourth-order valence-corrected chi connectivity index (χ4v) is 1.76. The molecule has 1 saturated heterocycles. The maximum absolute atomic E-state index is 12.0. The molecule has 0 aliphatic carbocycles. The van der Waals surface area contributed by atoms with Crippen LogP contribution in [0.5, 0.6) is 0 Å². The van der Waals surface area contributed by atoms with Crippen molar-refractivity contribution in [3.05, 3.63) is 28.1 Å². The fraction of sp³-hybridized carbons (Fsp3) is 0.400. The molecule has 1 fully saturated rings. The van der Waals surface area contributed by atoms with Gasteiger partial charge in [-0.25, -0.2) is 0 Å². The molecule has 2 N–H and O–H groups in total. The highest BCUT2D eigenvalue weighted by Crippen LogP contribution is 2.14. The van der Waals surface area contributed by atoms with E-state index in [0.717, 1.165) is 6.20 Å². The summed E-state index contributed by atoms with van der Waals surface area (Å²) in [7, 11) is 0. The van der Waals surface area contributed by atoms with Crippen molar-refractivity contribution >= 4 is 17.5 Å². The molecule has 2 heterocycles. The second kappa shape index (κ2) is 4.86. The van der Waals surface area contributed by atoms with E-state index in [9.17, 15) is 19.7 Å². The topological polar surface area (TPSA) is 108 Å². The molecule has 0 saturated carbocycles. The average molecular weight is 252 g/mol. The molecule has 18 heavy (non-hydrogen) atoms. The van der Waals surface area contributed by atoms with Crippen LogP contribution in [0.4, 0.5) is 5.69 Å². The second-order valence-electron chi connectivity index (χ2n) is 3.96. The minimum absolute atomic E-state index is 0.0222. The van der Waals surface area contributed by atoms with Gasteiger partial charge in [-0.1, -0.05) is 0 Å². The van der Waals surface area contributed by atoms with Crippen LogP contribution in [0.15, 0.2) is 12.3 Å². The molecule has 1 aliphatic rings. The van der Waals surface area contributed by atoms with E-state index in [4.69, 9.17) is 0 Å². The molecule has 0 aromatic carbocycles. The predicted molar refractivity (Wildman–Crippen MR) is 61.0 cm³/mol. The molecule has 2 amide bonds. The Hall–Kier alpha value is -2.38. The van der Waals surface area contributed by atoms with Gasteiger partial charge in [-0.15, -0.1) is 0 Å². The van der Waals surface area contributed by atoms with Gasteiger partial charge in [0.05, 0.1) is 17.7 Å². The van der Waals surface area contributed by atoms with Crippen LogP contribution in [0, 0.1) is 10.1 Å². The normalized spacial score (nSPS) is 16.0. The standard InChI is InChI=1S/C10H12N4O4/c15-9-6-13(3-1-2-11-9)10(16)8-4-7(5-12-8)14(17)18/h4-5,12H,1-3,6H2,(H,11,15). The van der Waals surface area contributed by atoms with E-state index in [-0.39, 0.29) is 23.8 Å². The maximum Gasteiger partial charge on any atom is 0.287 e. The third kappa shape index (κ3) is 2.47. The van der Waals surface area contributed by atoms with Gasteiger partial charge in [-0.05, 0) is 6.42 Å². The number of nitrogens with one attached hydrogen (secondary N) is 2. The molecule has 1 aromatic rings. The largest absolute Gasteiger partial charge is 0.354 e. The zero-order chi connectivity index (χ0) is 13.1. The summed E-state index contributed by atoms with van der Waals surface area (Å²) in [5.41, 5.74) is -0.0472. The summed E-state index contributed by atoms with van der Waals surface area (Å²) in [5, 5.41) is 13.2. The van der Waals surface area contributed by atoms with Crippen LogP contribution in [-0.4, -0.2) is 46.3 Å². The molecule has 8 heteroatoms.